The standard InChI is InChI=1S/C14H8Cl3F3N2S/c15-7-4-5-10(8(6-7)14(18,19)20)21-13(23)22-11-3-1-2-9(16)12(11)17/h1-6H,(H2,21,22,23). The van der Waals surface area contributed by atoms with Gasteiger partial charge in [0.15, 0.2) is 5.11 Å². The number of anilines is 2. The Morgan fingerprint density at radius 2 is 1.61 bits per heavy atom. The number of hydrogen-bond acceptors (Lipinski definition) is 1. The zero-order chi connectivity index (χ0) is 17.2. The molecule has 0 atom stereocenters. The number of rotatable bonds is 2. The molecule has 122 valence electrons. The van der Waals surface area contributed by atoms with Crippen LogP contribution in [-0.4, -0.2) is 5.11 Å². The van der Waals surface area contributed by atoms with Crippen LogP contribution in [0.3, 0.4) is 0 Å². The summed E-state index contributed by atoms with van der Waals surface area (Å²) in [6.07, 6.45) is -4.57. The molecule has 0 saturated carbocycles. The highest BCUT2D eigenvalue weighted by Crippen LogP contribution is 2.36. The van der Waals surface area contributed by atoms with Gasteiger partial charge in [0.05, 0.1) is 27.0 Å². The molecule has 2 rings (SSSR count). The van der Waals surface area contributed by atoms with E-state index in [-0.39, 0.29) is 20.8 Å². The molecule has 2 nitrogen and oxygen atoms in total. The van der Waals surface area contributed by atoms with Crippen LogP contribution in [0.25, 0.3) is 0 Å². The van der Waals surface area contributed by atoms with Crippen molar-refractivity contribution in [1.82, 2.24) is 0 Å². The van der Waals surface area contributed by atoms with Crippen molar-refractivity contribution in [3.63, 3.8) is 0 Å². The fourth-order valence-electron chi connectivity index (χ4n) is 1.74. The molecule has 0 fully saturated rings. The van der Waals surface area contributed by atoms with Crippen LogP contribution in [0.2, 0.25) is 15.1 Å². The van der Waals surface area contributed by atoms with Crippen molar-refractivity contribution >= 4 is 63.5 Å². The average molecular weight is 400 g/mol. The van der Waals surface area contributed by atoms with Crippen LogP contribution in [0.5, 0.6) is 0 Å². The maximum atomic E-state index is 13.0. The van der Waals surface area contributed by atoms with Crippen LogP contribution in [0, 0.1) is 0 Å². The van der Waals surface area contributed by atoms with Gasteiger partial charge in [-0.05, 0) is 42.5 Å². The van der Waals surface area contributed by atoms with Crippen molar-refractivity contribution < 1.29 is 13.2 Å². The van der Waals surface area contributed by atoms with E-state index in [9.17, 15) is 13.2 Å². The predicted octanol–water partition coefficient (Wildman–Crippen LogP) is 6.47. The molecule has 0 spiro atoms. The molecule has 23 heavy (non-hydrogen) atoms. The number of alkyl halides is 3. The maximum absolute atomic E-state index is 13.0. The van der Waals surface area contributed by atoms with E-state index >= 15 is 0 Å². The Bertz CT molecular complexity index is 751. The van der Waals surface area contributed by atoms with Gasteiger partial charge in [0, 0.05) is 5.02 Å². The SMILES string of the molecule is FC(F)(F)c1cc(Cl)ccc1NC(=S)Nc1cccc(Cl)c1Cl. The van der Waals surface area contributed by atoms with E-state index in [4.69, 9.17) is 47.0 Å². The lowest BCUT2D eigenvalue weighted by Gasteiger charge is -2.17. The zero-order valence-electron chi connectivity index (χ0n) is 11.1. The largest absolute Gasteiger partial charge is 0.418 e. The summed E-state index contributed by atoms with van der Waals surface area (Å²) in [5.41, 5.74) is -0.775. The normalized spacial score (nSPS) is 11.2. The molecule has 0 aromatic heterocycles. The Morgan fingerprint density at radius 1 is 0.957 bits per heavy atom. The topological polar surface area (TPSA) is 24.1 Å². The van der Waals surface area contributed by atoms with Gasteiger partial charge in [0.2, 0.25) is 0 Å². The Morgan fingerprint density at radius 3 is 2.26 bits per heavy atom. The van der Waals surface area contributed by atoms with Gasteiger partial charge in [-0.15, -0.1) is 0 Å². The van der Waals surface area contributed by atoms with Crippen molar-refractivity contribution in [3.05, 3.63) is 57.0 Å². The van der Waals surface area contributed by atoms with Crippen molar-refractivity contribution in [3.8, 4) is 0 Å². The minimum Gasteiger partial charge on any atom is -0.332 e. The second-order valence-corrected chi connectivity index (χ2v) is 6.00. The molecular weight excluding hydrogens is 392 g/mol. The minimum absolute atomic E-state index is 0.0281. The zero-order valence-corrected chi connectivity index (χ0v) is 14.2. The molecule has 2 aromatic rings. The molecule has 0 aliphatic rings. The molecular formula is C14H8Cl3F3N2S. The van der Waals surface area contributed by atoms with Gasteiger partial charge < -0.3 is 10.6 Å². The third-order valence-electron chi connectivity index (χ3n) is 2.74. The Balaban J connectivity index is 2.23. The van der Waals surface area contributed by atoms with E-state index < -0.39 is 11.7 Å². The van der Waals surface area contributed by atoms with Crippen LogP contribution in [0.1, 0.15) is 5.56 Å². The van der Waals surface area contributed by atoms with E-state index in [0.717, 1.165) is 6.07 Å². The maximum Gasteiger partial charge on any atom is 0.418 e. The van der Waals surface area contributed by atoms with Crippen LogP contribution in [0.4, 0.5) is 24.5 Å². The lowest BCUT2D eigenvalue weighted by atomic mass is 10.1. The number of hydrogen-bond donors (Lipinski definition) is 2. The van der Waals surface area contributed by atoms with Gasteiger partial charge >= 0.3 is 6.18 Å². The van der Waals surface area contributed by atoms with E-state index in [0.29, 0.717) is 10.7 Å². The first-order chi connectivity index (χ1) is 10.7. The third-order valence-corrected chi connectivity index (χ3v) is 3.99. The predicted molar refractivity (Wildman–Crippen MR) is 92.8 cm³/mol. The molecule has 0 saturated heterocycles. The van der Waals surface area contributed by atoms with E-state index in [1.807, 2.05) is 0 Å². The molecule has 0 aliphatic heterocycles. The molecule has 0 amide bonds. The first-order valence-electron chi connectivity index (χ1n) is 6.07. The lowest BCUT2D eigenvalue weighted by molar-refractivity contribution is -0.136. The fourth-order valence-corrected chi connectivity index (χ4v) is 2.48. The second-order valence-electron chi connectivity index (χ2n) is 4.37. The molecule has 0 aliphatic carbocycles. The molecule has 2 N–H and O–H groups in total. The van der Waals surface area contributed by atoms with E-state index in [2.05, 4.69) is 10.6 Å². The van der Waals surface area contributed by atoms with Gasteiger partial charge in [-0.2, -0.15) is 13.2 Å². The summed E-state index contributed by atoms with van der Waals surface area (Å²) in [7, 11) is 0. The quantitative estimate of drug-likeness (QED) is 0.566. The minimum atomic E-state index is -4.57. The summed E-state index contributed by atoms with van der Waals surface area (Å²) in [6, 6.07) is 8.13. The highest BCUT2D eigenvalue weighted by atomic mass is 35.5. The highest BCUT2D eigenvalue weighted by molar-refractivity contribution is 7.80. The first kappa shape index (κ1) is 18.1. The van der Waals surface area contributed by atoms with Crippen LogP contribution in [0.15, 0.2) is 36.4 Å². The van der Waals surface area contributed by atoms with Gasteiger partial charge in [-0.25, -0.2) is 0 Å². The molecule has 0 heterocycles. The second kappa shape index (κ2) is 7.13. The fraction of sp³-hybridized carbons (Fsp3) is 0.0714. The van der Waals surface area contributed by atoms with Crippen molar-refractivity contribution in [2.24, 2.45) is 0 Å². The Kier molecular flexibility index (Phi) is 5.62. The monoisotopic (exact) mass is 398 g/mol. The summed E-state index contributed by atoms with van der Waals surface area (Å²) >= 11 is 22.5. The summed E-state index contributed by atoms with van der Waals surface area (Å²) < 4.78 is 39.1. The van der Waals surface area contributed by atoms with Crippen molar-refractivity contribution in [2.45, 2.75) is 6.18 Å². The number of halogens is 6. The van der Waals surface area contributed by atoms with Gasteiger partial charge in [-0.3, -0.25) is 0 Å². The summed E-state index contributed by atoms with van der Waals surface area (Å²) in [5.74, 6) is 0. The molecule has 0 radical (unpaired) electrons. The summed E-state index contributed by atoms with van der Waals surface area (Å²) in [4.78, 5) is 0. The van der Waals surface area contributed by atoms with Crippen molar-refractivity contribution in [1.29, 1.82) is 0 Å². The number of thiocarbonyl (C=S) groups is 1. The number of nitrogens with one attached hydrogen (secondary N) is 2. The van der Waals surface area contributed by atoms with Gasteiger partial charge in [0.1, 0.15) is 0 Å². The Labute approximate surface area is 150 Å². The van der Waals surface area contributed by atoms with Crippen molar-refractivity contribution in [2.75, 3.05) is 10.6 Å². The van der Waals surface area contributed by atoms with Gasteiger partial charge in [-0.1, -0.05) is 40.9 Å². The van der Waals surface area contributed by atoms with E-state index in [1.54, 1.807) is 18.2 Å². The van der Waals surface area contributed by atoms with Gasteiger partial charge in [0.25, 0.3) is 0 Å². The lowest BCUT2D eigenvalue weighted by Crippen LogP contribution is -2.21. The molecule has 0 unspecified atom stereocenters. The molecule has 0 bridgehead atoms. The number of benzene rings is 2. The average Bonchev–Trinajstić information content (AvgIpc) is 2.45. The molecule has 2 aromatic carbocycles. The smallest absolute Gasteiger partial charge is 0.332 e. The van der Waals surface area contributed by atoms with Crippen LogP contribution >= 0.6 is 47.0 Å². The highest BCUT2D eigenvalue weighted by Gasteiger charge is 2.34. The van der Waals surface area contributed by atoms with E-state index in [1.165, 1.54) is 12.1 Å². The first-order valence-corrected chi connectivity index (χ1v) is 7.61. The van der Waals surface area contributed by atoms with Crippen LogP contribution < -0.4 is 10.6 Å². The summed E-state index contributed by atoms with van der Waals surface area (Å²) in [6.45, 7) is 0. The third kappa shape index (κ3) is 4.64. The molecule has 9 heteroatoms. The Hall–Kier alpha value is -1.21. The summed E-state index contributed by atoms with van der Waals surface area (Å²) in [5, 5.41) is 5.59. The van der Waals surface area contributed by atoms with Crippen LogP contribution in [-0.2, 0) is 6.18 Å².